The van der Waals surface area contributed by atoms with Gasteiger partial charge in [-0.1, -0.05) is 31.9 Å². The van der Waals surface area contributed by atoms with E-state index in [-0.39, 0.29) is 24.8 Å². The Morgan fingerprint density at radius 2 is 1.81 bits per heavy atom. The van der Waals surface area contributed by atoms with Gasteiger partial charge >= 0.3 is 0 Å². The number of carboxylic acids is 1. The fraction of sp³-hybridized carbons (Fsp3) is 0.810. The third-order valence-electron chi connectivity index (χ3n) is 7.82. The second-order valence-electron chi connectivity index (χ2n) is 9.31. The van der Waals surface area contributed by atoms with Crippen LogP contribution in [0.5, 0.6) is 0 Å². The van der Waals surface area contributed by atoms with E-state index in [1.54, 1.807) is 0 Å². The number of hydrogen-bond acceptors (Lipinski definition) is 2. The van der Waals surface area contributed by atoms with Crippen LogP contribution in [0.25, 0.3) is 0 Å². The molecule has 1 N–H and O–H groups in total. The number of carbonyl (C=O) groups excluding carboxylic acids is 1. The van der Waals surface area contributed by atoms with Gasteiger partial charge in [0.2, 0.25) is 5.91 Å². The number of carboxylic acid groups (broad SMARTS) is 1. The average Bonchev–Trinajstić information content (AvgIpc) is 2.93. The number of likely N-dealkylation sites (tertiary alicyclic amines) is 1. The van der Waals surface area contributed by atoms with Gasteiger partial charge in [0.05, 0.1) is 0 Å². The van der Waals surface area contributed by atoms with E-state index in [1.807, 2.05) is 11.9 Å². The number of fused-ring (bicyclic) bond motifs is 5. The number of rotatable bonds is 0. The topological polar surface area (TPSA) is 57.6 Å². The molecule has 3 unspecified atom stereocenters. The van der Waals surface area contributed by atoms with Crippen LogP contribution in [0, 0.1) is 28.6 Å². The lowest BCUT2D eigenvalue weighted by atomic mass is 9.50. The summed E-state index contributed by atoms with van der Waals surface area (Å²) in [5, 5.41) is 8.40. The Balaban J connectivity index is 0.000000479. The van der Waals surface area contributed by atoms with E-state index in [0.29, 0.717) is 11.8 Å². The Morgan fingerprint density at radius 1 is 1.19 bits per heavy atom. The molecular formula is C21H34ClNO3S. The molecule has 27 heavy (non-hydrogen) atoms. The fourth-order valence-corrected chi connectivity index (χ4v) is 7.19. The van der Waals surface area contributed by atoms with Crippen LogP contribution in [-0.2, 0) is 9.59 Å². The van der Waals surface area contributed by atoms with E-state index < -0.39 is 5.97 Å². The van der Waals surface area contributed by atoms with Crippen molar-refractivity contribution in [2.45, 2.75) is 72.1 Å². The zero-order valence-electron chi connectivity index (χ0n) is 17.0. The Kier molecular flexibility index (Phi) is 6.68. The van der Waals surface area contributed by atoms with Crippen molar-refractivity contribution in [2.24, 2.45) is 28.6 Å². The molecule has 4 rings (SSSR count). The summed E-state index contributed by atoms with van der Waals surface area (Å²) in [5.41, 5.74) is 1.84. The molecule has 5 atom stereocenters. The SMILES string of the molecule is CC(=O)O.CN1C(=O)CC[C@@]2(C)C1=C(Cl)CC1C3CCC[C@@]3(C)CCC12.S. The Hall–Kier alpha value is -0.680. The van der Waals surface area contributed by atoms with Gasteiger partial charge in [0, 0.05) is 36.5 Å². The maximum Gasteiger partial charge on any atom is 0.300 e. The highest BCUT2D eigenvalue weighted by atomic mass is 35.5. The molecule has 0 bridgehead atoms. The Morgan fingerprint density at radius 3 is 2.44 bits per heavy atom. The van der Waals surface area contributed by atoms with Crippen LogP contribution in [0.1, 0.15) is 72.1 Å². The maximum absolute atomic E-state index is 12.2. The zero-order valence-corrected chi connectivity index (χ0v) is 18.7. The van der Waals surface area contributed by atoms with Crippen LogP contribution in [-0.4, -0.2) is 28.9 Å². The highest BCUT2D eigenvalue weighted by Gasteiger charge is 2.58. The molecule has 4 nitrogen and oxygen atoms in total. The van der Waals surface area contributed by atoms with Crippen molar-refractivity contribution in [1.82, 2.24) is 4.90 Å². The van der Waals surface area contributed by atoms with E-state index in [1.165, 1.54) is 32.1 Å². The van der Waals surface area contributed by atoms with Crippen LogP contribution < -0.4 is 0 Å². The molecule has 0 aromatic carbocycles. The average molecular weight is 416 g/mol. The second kappa shape index (κ2) is 7.98. The second-order valence-corrected chi connectivity index (χ2v) is 9.76. The third kappa shape index (κ3) is 3.78. The molecule has 3 aliphatic carbocycles. The molecular weight excluding hydrogens is 382 g/mol. The summed E-state index contributed by atoms with van der Waals surface area (Å²) in [6.07, 6.45) is 9.58. The van der Waals surface area contributed by atoms with Gasteiger partial charge in [0.15, 0.2) is 0 Å². The van der Waals surface area contributed by atoms with Gasteiger partial charge in [0.25, 0.3) is 5.97 Å². The molecule has 0 radical (unpaired) electrons. The lowest BCUT2D eigenvalue weighted by Crippen LogP contribution is -2.53. The van der Waals surface area contributed by atoms with Crippen molar-refractivity contribution in [3.8, 4) is 0 Å². The van der Waals surface area contributed by atoms with Crippen molar-refractivity contribution < 1.29 is 14.7 Å². The number of piperidine rings is 1. The predicted octanol–water partition coefficient (Wildman–Crippen LogP) is 5.14. The van der Waals surface area contributed by atoms with Gasteiger partial charge in [-0.15, -0.1) is 0 Å². The number of halogens is 1. The van der Waals surface area contributed by atoms with Crippen LogP contribution in [0.3, 0.4) is 0 Å². The van der Waals surface area contributed by atoms with Crippen LogP contribution in [0.2, 0.25) is 0 Å². The van der Waals surface area contributed by atoms with Gasteiger partial charge in [-0.2, -0.15) is 13.5 Å². The summed E-state index contributed by atoms with van der Waals surface area (Å²) >= 11 is 6.78. The molecule has 1 saturated heterocycles. The minimum atomic E-state index is -0.833. The number of allylic oxidation sites excluding steroid dienone is 2. The van der Waals surface area contributed by atoms with Crippen molar-refractivity contribution >= 4 is 37.0 Å². The van der Waals surface area contributed by atoms with Gasteiger partial charge in [-0.3, -0.25) is 9.59 Å². The number of hydrogen-bond donors (Lipinski definition) is 1. The largest absolute Gasteiger partial charge is 0.481 e. The number of aliphatic carboxylic acids is 1. The normalized spacial score (nSPS) is 40.1. The molecule has 4 aliphatic rings. The first kappa shape index (κ1) is 22.6. The summed E-state index contributed by atoms with van der Waals surface area (Å²) in [7, 11) is 1.93. The summed E-state index contributed by atoms with van der Waals surface area (Å²) in [6.45, 7) is 6.00. The summed E-state index contributed by atoms with van der Waals surface area (Å²) in [5.74, 6) is 1.72. The summed E-state index contributed by atoms with van der Waals surface area (Å²) in [6, 6.07) is 0. The minimum absolute atomic E-state index is 0. The van der Waals surface area contributed by atoms with Crippen molar-refractivity contribution in [3.63, 3.8) is 0 Å². The summed E-state index contributed by atoms with van der Waals surface area (Å²) in [4.78, 5) is 23.0. The van der Waals surface area contributed by atoms with Crippen molar-refractivity contribution in [3.05, 3.63) is 10.7 Å². The quantitative estimate of drug-likeness (QED) is 0.596. The number of nitrogens with zero attached hydrogens (tertiary/aromatic N) is 1. The van der Waals surface area contributed by atoms with Crippen LogP contribution in [0.4, 0.5) is 0 Å². The van der Waals surface area contributed by atoms with E-state index in [4.69, 9.17) is 21.5 Å². The van der Waals surface area contributed by atoms with Crippen LogP contribution >= 0.6 is 25.1 Å². The first-order valence-electron chi connectivity index (χ1n) is 9.95. The molecule has 2 saturated carbocycles. The van der Waals surface area contributed by atoms with Gasteiger partial charge in [0.1, 0.15) is 0 Å². The maximum atomic E-state index is 12.2. The van der Waals surface area contributed by atoms with E-state index in [9.17, 15) is 4.79 Å². The molecule has 1 amide bonds. The molecule has 154 valence electrons. The van der Waals surface area contributed by atoms with E-state index in [0.717, 1.165) is 48.2 Å². The minimum Gasteiger partial charge on any atom is -0.481 e. The Labute approximate surface area is 175 Å². The molecule has 0 aromatic rings. The van der Waals surface area contributed by atoms with Gasteiger partial charge < -0.3 is 10.0 Å². The lowest BCUT2D eigenvalue weighted by molar-refractivity contribution is -0.136. The molecule has 6 heteroatoms. The fourth-order valence-electron chi connectivity index (χ4n) is 6.67. The molecule has 0 aromatic heterocycles. The van der Waals surface area contributed by atoms with E-state index in [2.05, 4.69) is 13.8 Å². The highest BCUT2D eigenvalue weighted by molar-refractivity contribution is 7.59. The first-order valence-corrected chi connectivity index (χ1v) is 10.3. The predicted molar refractivity (Wildman–Crippen MR) is 113 cm³/mol. The van der Waals surface area contributed by atoms with Crippen molar-refractivity contribution in [2.75, 3.05) is 7.05 Å². The van der Waals surface area contributed by atoms with E-state index >= 15 is 0 Å². The van der Waals surface area contributed by atoms with Gasteiger partial charge in [-0.05, 0) is 61.7 Å². The number of carbonyl (C=O) groups is 2. The Bertz CT molecular complexity index is 647. The van der Waals surface area contributed by atoms with Crippen LogP contribution in [0.15, 0.2) is 10.7 Å². The molecule has 1 heterocycles. The highest BCUT2D eigenvalue weighted by Crippen LogP contribution is 2.65. The van der Waals surface area contributed by atoms with Crippen molar-refractivity contribution in [1.29, 1.82) is 0 Å². The molecule has 0 spiro atoms. The molecule has 1 aliphatic heterocycles. The summed E-state index contributed by atoms with van der Waals surface area (Å²) < 4.78 is 0. The monoisotopic (exact) mass is 415 g/mol. The standard InChI is InChI=1S/C19H28ClNO.C2H4O2.H2S/c1-18-8-4-5-13(18)12-11-15(20)17-19(2,14(12)6-9-18)10-7-16(22)21(17)3;1-2(3)4;/h12-14H,4-11H2,1-3H3;1H3,(H,3,4);1H2/t12?,13?,14?,18-,19+;;/m0../s1. The first-order chi connectivity index (χ1) is 12.1. The third-order valence-corrected chi connectivity index (χ3v) is 8.15. The molecule has 3 fully saturated rings. The smallest absolute Gasteiger partial charge is 0.300 e. The van der Waals surface area contributed by atoms with Gasteiger partial charge in [-0.25, -0.2) is 0 Å². The zero-order chi connectivity index (χ0) is 19.3. The lowest BCUT2D eigenvalue weighted by Gasteiger charge is -2.58. The number of amides is 1.